The van der Waals surface area contributed by atoms with Gasteiger partial charge in [-0.1, -0.05) is 12.8 Å². The number of nitrogens with zero attached hydrogens (tertiary/aromatic N) is 2. The molecule has 7 nitrogen and oxygen atoms in total. The minimum absolute atomic E-state index is 0.0819. The van der Waals surface area contributed by atoms with E-state index in [0.29, 0.717) is 19.7 Å². The molecule has 3 fully saturated rings. The second-order valence-corrected chi connectivity index (χ2v) is 6.60. The van der Waals surface area contributed by atoms with Crippen molar-refractivity contribution in [2.75, 3.05) is 45.9 Å². The van der Waals surface area contributed by atoms with Gasteiger partial charge < -0.3 is 14.8 Å². The molecule has 1 aliphatic carbocycles. The van der Waals surface area contributed by atoms with E-state index in [-0.39, 0.29) is 18.6 Å². The predicted octanol–water partition coefficient (Wildman–Crippen LogP) is 0.588. The number of carbonyl (C=O) groups is 2. The Balaban J connectivity index is 1.33. The van der Waals surface area contributed by atoms with Gasteiger partial charge in [0.15, 0.2) is 0 Å². The maximum atomic E-state index is 11.8. The highest BCUT2D eigenvalue weighted by Crippen LogP contribution is 2.25. The zero-order chi connectivity index (χ0) is 16.1. The number of rotatable bonds is 6. The molecule has 0 unspecified atom stereocenters. The normalized spacial score (nSPS) is 26.5. The summed E-state index contributed by atoms with van der Waals surface area (Å²) in [6, 6.07) is 0.733. The summed E-state index contributed by atoms with van der Waals surface area (Å²) in [5.41, 5.74) is 0. The van der Waals surface area contributed by atoms with Gasteiger partial charge in [-0.15, -0.1) is 0 Å². The van der Waals surface area contributed by atoms with E-state index in [4.69, 9.17) is 9.47 Å². The van der Waals surface area contributed by atoms with Gasteiger partial charge in [-0.05, 0) is 19.3 Å². The highest BCUT2D eigenvalue weighted by Gasteiger charge is 2.28. The van der Waals surface area contributed by atoms with E-state index in [1.54, 1.807) is 0 Å². The molecule has 3 aliphatic rings. The van der Waals surface area contributed by atoms with Crippen molar-refractivity contribution < 1.29 is 19.1 Å². The number of carbonyl (C=O) groups excluding carboxylic acids is 2. The molecule has 0 aromatic carbocycles. The summed E-state index contributed by atoms with van der Waals surface area (Å²) in [4.78, 5) is 27.1. The van der Waals surface area contributed by atoms with E-state index in [1.165, 1.54) is 30.6 Å². The summed E-state index contributed by atoms with van der Waals surface area (Å²) in [6.07, 6.45) is 5.94. The number of amides is 2. The van der Waals surface area contributed by atoms with Crippen LogP contribution in [0, 0.1) is 0 Å². The molecule has 3 rings (SSSR count). The summed E-state index contributed by atoms with van der Waals surface area (Å²) in [7, 11) is 0. The second kappa shape index (κ2) is 7.97. The largest absolute Gasteiger partial charge is 0.448 e. The molecule has 23 heavy (non-hydrogen) atoms. The van der Waals surface area contributed by atoms with Crippen LogP contribution < -0.4 is 5.32 Å². The Labute approximate surface area is 137 Å². The molecule has 0 aromatic heterocycles. The molecule has 1 N–H and O–H groups in total. The summed E-state index contributed by atoms with van der Waals surface area (Å²) in [5.74, 6) is -0.132. The van der Waals surface area contributed by atoms with Crippen LogP contribution in [0.3, 0.4) is 0 Å². The Morgan fingerprint density at radius 3 is 2.78 bits per heavy atom. The number of hydrogen-bond donors (Lipinski definition) is 1. The highest BCUT2D eigenvalue weighted by molar-refractivity contribution is 5.82. The average Bonchev–Trinajstić information content (AvgIpc) is 3.20. The van der Waals surface area contributed by atoms with Gasteiger partial charge in [-0.3, -0.25) is 14.6 Å². The van der Waals surface area contributed by atoms with Crippen molar-refractivity contribution in [3.05, 3.63) is 0 Å². The fourth-order valence-corrected chi connectivity index (χ4v) is 3.69. The number of morpholine rings is 1. The van der Waals surface area contributed by atoms with E-state index < -0.39 is 6.09 Å². The molecule has 2 saturated heterocycles. The molecule has 130 valence electrons. The molecule has 2 aliphatic heterocycles. The lowest BCUT2D eigenvalue weighted by Gasteiger charge is -2.36. The monoisotopic (exact) mass is 325 g/mol. The number of cyclic esters (lactones) is 1. The van der Waals surface area contributed by atoms with Crippen molar-refractivity contribution >= 4 is 12.0 Å². The van der Waals surface area contributed by atoms with Crippen molar-refractivity contribution in [3.8, 4) is 0 Å². The van der Waals surface area contributed by atoms with Gasteiger partial charge in [-0.2, -0.15) is 0 Å². The van der Waals surface area contributed by atoms with Gasteiger partial charge in [0.2, 0.25) is 5.91 Å². The summed E-state index contributed by atoms with van der Waals surface area (Å²) < 4.78 is 10.6. The van der Waals surface area contributed by atoms with Gasteiger partial charge >= 0.3 is 6.09 Å². The second-order valence-electron chi connectivity index (χ2n) is 6.60. The Morgan fingerprint density at radius 2 is 2.04 bits per heavy atom. The summed E-state index contributed by atoms with van der Waals surface area (Å²) in [5, 5.41) is 2.87. The van der Waals surface area contributed by atoms with Crippen LogP contribution in [-0.2, 0) is 14.3 Å². The fourth-order valence-electron chi connectivity index (χ4n) is 3.69. The minimum atomic E-state index is -0.400. The lowest BCUT2D eigenvalue weighted by molar-refractivity contribution is -0.121. The number of hydrogen-bond acceptors (Lipinski definition) is 5. The van der Waals surface area contributed by atoms with Gasteiger partial charge in [0.05, 0.1) is 19.3 Å². The quantitative estimate of drug-likeness (QED) is 0.774. The highest BCUT2D eigenvalue weighted by atomic mass is 16.6. The lowest BCUT2D eigenvalue weighted by Crippen LogP contribution is -2.48. The summed E-state index contributed by atoms with van der Waals surface area (Å²) >= 11 is 0. The van der Waals surface area contributed by atoms with Crippen molar-refractivity contribution in [2.24, 2.45) is 0 Å². The van der Waals surface area contributed by atoms with Crippen molar-refractivity contribution in [2.45, 2.75) is 44.2 Å². The van der Waals surface area contributed by atoms with Crippen LogP contribution in [0.1, 0.15) is 32.1 Å². The number of ether oxygens (including phenoxy) is 2. The van der Waals surface area contributed by atoms with Gasteiger partial charge in [0, 0.05) is 25.7 Å². The topological polar surface area (TPSA) is 71.1 Å². The van der Waals surface area contributed by atoms with Gasteiger partial charge in [0.1, 0.15) is 13.2 Å². The van der Waals surface area contributed by atoms with Crippen LogP contribution in [0.15, 0.2) is 0 Å². The molecule has 0 spiro atoms. The fraction of sp³-hybridized carbons (Fsp3) is 0.875. The third-order valence-electron chi connectivity index (χ3n) is 4.98. The Bertz CT molecular complexity index is 426. The van der Waals surface area contributed by atoms with E-state index >= 15 is 0 Å². The zero-order valence-corrected chi connectivity index (χ0v) is 13.7. The molecule has 2 amide bonds. The van der Waals surface area contributed by atoms with Gasteiger partial charge in [0.25, 0.3) is 0 Å². The first-order valence-corrected chi connectivity index (χ1v) is 8.76. The zero-order valence-electron chi connectivity index (χ0n) is 13.7. The van der Waals surface area contributed by atoms with Crippen molar-refractivity contribution in [1.82, 2.24) is 15.1 Å². The van der Waals surface area contributed by atoms with Crippen LogP contribution in [0.25, 0.3) is 0 Å². The van der Waals surface area contributed by atoms with Crippen LogP contribution in [0.2, 0.25) is 0 Å². The Hall–Kier alpha value is -1.34. The van der Waals surface area contributed by atoms with Crippen molar-refractivity contribution in [1.29, 1.82) is 0 Å². The molecule has 0 radical (unpaired) electrons. The molecule has 0 aromatic rings. The third kappa shape index (κ3) is 4.57. The third-order valence-corrected chi connectivity index (χ3v) is 4.98. The Kier molecular flexibility index (Phi) is 5.72. The summed E-state index contributed by atoms with van der Waals surface area (Å²) in [6.45, 7) is 4.33. The molecular formula is C16H27N3O4. The maximum Gasteiger partial charge on any atom is 0.410 e. The molecular weight excluding hydrogens is 298 g/mol. The molecule has 0 bridgehead atoms. The smallest absolute Gasteiger partial charge is 0.410 e. The van der Waals surface area contributed by atoms with Crippen LogP contribution in [0.5, 0.6) is 0 Å². The first kappa shape index (κ1) is 16.5. The Morgan fingerprint density at radius 1 is 1.22 bits per heavy atom. The average molecular weight is 325 g/mol. The van der Waals surface area contributed by atoms with Crippen LogP contribution >= 0.6 is 0 Å². The first-order chi connectivity index (χ1) is 11.2. The molecule has 1 saturated carbocycles. The molecule has 2 heterocycles. The molecule has 7 heteroatoms. The van der Waals surface area contributed by atoms with Crippen molar-refractivity contribution in [3.63, 3.8) is 0 Å². The van der Waals surface area contributed by atoms with Crippen LogP contribution in [-0.4, -0.2) is 79.9 Å². The van der Waals surface area contributed by atoms with E-state index in [1.807, 2.05) is 0 Å². The maximum absolute atomic E-state index is 11.8. The minimum Gasteiger partial charge on any atom is -0.448 e. The predicted molar refractivity (Wildman–Crippen MR) is 84.1 cm³/mol. The lowest BCUT2D eigenvalue weighted by atomic mass is 10.1. The number of nitrogens with one attached hydrogen (secondary N) is 1. The van der Waals surface area contributed by atoms with E-state index in [0.717, 1.165) is 32.2 Å². The van der Waals surface area contributed by atoms with E-state index in [2.05, 4.69) is 10.2 Å². The standard InChI is InChI=1S/C16H27N3O4/c20-15(12-19-8-10-23-16(19)21)17-6-5-14-11-18(7-9-22-14)13-3-1-2-4-13/h13-14H,1-12H2,(H,17,20)/t14-/m0/s1. The first-order valence-electron chi connectivity index (χ1n) is 8.76. The molecule has 1 atom stereocenters. The van der Waals surface area contributed by atoms with Gasteiger partial charge in [-0.25, -0.2) is 4.79 Å². The van der Waals surface area contributed by atoms with Crippen LogP contribution in [0.4, 0.5) is 4.79 Å². The SMILES string of the molecule is O=C(CN1CCOC1=O)NCC[C@H]1CN(C2CCCC2)CCO1. The van der Waals surface area contributed by atoms with E-state index in [9.17, 15) is 9.59 Å².